The van der Waals surface area contributed by atoms with Crippen LogP contribution in [0.25, 0.3) is 0 Å². The maximum absolute atomic E-state index is 5.49. The van der Waals surface area contributed by atoms with Crippen molar-refractivity contribution in [2.45, 2.75) is 25.8 Å². The molecule has 0 aromatic carbocycles. The molecule has 82 valence electrons. The molecule has 13 heavy (non-hydrogen) atoms. The lowest BCUT2D eigenvalue weighted by Crippen LogP contribution is -2.31. The third kappa shape index (κ3) is 13.3. The lowest BCUT2D eigenvalue weighted by molar-refractivity contribution is 0.343. The Morgan fingerprint density at radius 3 is 1.54 bits per heavy atom. The zero-order chi connectivity index (χ0) is 11.1. The van der Waals surface area contributed by atoms with Crippen molar-refractivity contribution in [2.75, 3.05) is 25.9 Å². The van der Waals surface area contributed by atoms with Gasteiger partial charge in [-0.25, -0.2) is 0 Å². The van der Waals surface area contributed by atoms with Gasteiger partial charge in [-0.1, -0.05) is 0 Å². The summed E-state index contributed by atoms with van der Waals surface area (Å²) < 4.78 is 1.13. The van der Waals surface area contributed by atoms with E-state index in [0.29, 0.717) is 13.8 Å². The van der Waals surface area contributed by atoms with Crippen LogP contribution < -0.4 is 0 Å². The molecule has 0 saturated carbocycles. The molecule has 1 nitrogen and oxygen atoms in total. The van der Waals surface area contributed by atoms with Crippen LogP contribution in [0.15, 0.2) is 0 Å². The minimum absolute atomic E-state index is 0.217. The van der Waals surface area contributed by atoms with Crippen molar-refractivity contribution in [3.63, 3.8) is 0 Å². The van der Waals surface area contributed by atoms with Crippen LogP contribution in [-0.2, 0) is 0 Å². The van der Waals surface area contributed by atoms with Gasteiger partial charge < -0.3 is 0 Å². The van der Waals surface area contributed by atoms with E-state index in [1.807, 2.05) is 13.8 Å². The molecule has 0 unspecified atom stereocenters. The molecule has 0 aliphatic carbocycles. The van der Waals surface area contributed by atoms with Gasteiger partial charge in [-0.3, -0.25) is 0 Å². The number of hydrogen-bond donors (Lipinski definition) is 0. The predicted molar refractivity (Wildman–Crippen MR) is 67.7 cm³/mol. The third-order valence-electron chi connectivity index (χ3n) is 1.16. The van der Waals surface area contributed by atoms with E-state index in [4.69, 9.17) is 35.2 Å². The van der Waals surface area contributed by atoms with Crippen molar-refractivity contribution < 1.29 is 0 Å². The fourth-order valence-corrected chi connectivity index (χ4v) is 0.947. The fraction of sp³-hybridized carbons (Fsp3) is 1.00. The summed E-state index contributed by atoms with van der Waals surface area (Å²) in [5.74, 6) is 0.572. The molecule has 0 aliphatic heterocycles. The normalized spacial score (nSPS) is 11.5. The van der Waals surface area contributed by atoms with Gasteiger partial charge in [0, 0.05) is 11.4 Å². The monoisotopic (exact) mass is 265 g/mol. The van der Waals surface area contributed by atoms with Gasteiger partial charge in [0.1, 0.15) is 0 Å². The van der Waals surface area contributed by atoms with Gasteiger partial charge in [-0.15, -0.1) is 23.5 Å². The highest BCUT2D eigenvalue weighted by atomic mass is 35.5. The van der Waals surface area contributed by atoms with Crippen molar-refractivity contribution in [1.29, 1.82) is 0 Å². The first-order valence-corrected chi connectivity index (χ1v) is 7.92. The first kappa shape index (κ1) is 16.7. The molecule has 0 spiro atoms. The molecule has 0 aliphatic rings. The molecule has 0 radical (unpaired) electrons. The van der Waals surface area contributed by atoms with Gasteiger partial charge >= 0.3 is 0 Å². The van der Waals surface area contributed by atoms with Gasteiger partial charge in [0.2, 0.25) is 0 Å². The Morgan fingerprint density at radius 1 is 1.15 bits per heavy atom. The summed E-state index contributed by atoms with van der Waals surface area (Å²) in [6, 6.07) is 0. The van der Waals surface area contributed by atoms with E-state index in [2.05, 4.69) is 20.0 Å². The van der Waals surface area contributed by atoms with Crippen LogP contribution in [0.4, 0.5) is 0 Å². The third-order valence-corrected chi connectivity index (χ3v) is 2.27. The highest BCUT2D eigenvalue weighted by Gasteiger charge is 2.22. The fourth-order valence-electron chi connectivity index (χ4n) is 0.316. The Hall–Kier alpha value is 1.26. The van der Waals surface area contributed by atoms with Crippen LogP contribution in [-0.4, -0.2) is 35.4 Å². The maximum Gasteiger partial charge on any atom is 0.0481 e. The van der Waals surface area contributed by atoms with Gasteiger partial charge in [-0.05, 0) is 63.8 Å². The van der Waals surface area contributed by atoms with Crippen molar-refractivity contribution >= 4 is 43.1 Å². The number of hydrogen-bond acceptors (Lipinski definition) is 1. The number of halogens is 3. The Bertz CT molecular complexity index is 115. The molecule has 0 heterocycles. The predicted octanol–water partition coefficient (Wildman–Crippen LogP) is 4.36. The zero-order valence-electron chi connectivity index (χ0n) is 8.94. The topological polar surface area (TPSA) is 3.24 Å². The Morgan fingerprint density at radius 2 is 1.46 bits per heavy atom. The van der Waals surface area contributed by atoms with Crippen molar-refractivity contribution in [3.8, 4) is 0 Å². The molecule has 0 aromatic rings. The lowest BCUT2D eigenvalue weighted by atomic mass is 10.0. The van der Waals surface area contributed by atoms with E-state index < -0.39 is 0 Å². The molecule has 0 atom stereocenters. The first-order chi connectivity index (χ1) is 5.74. The summed E-state index contributed by atoms with van der Waals surface area (Å²) in [4.78, 5) is 0. The zero-order valence-corrected chi connectivity index (χ0v) is 12.1. The molecular weight excluding hydrogens is 247 g/mol. The highest BCUT2D eigenvalue weighted by molar-refractivity contribution is 7.55. The van der Waals surface area contributed by atoms with E-state index >= 15 is 0 Å². The Kier molecular flexibility index (Phi) is 11.0. The van der Waals surface area contributed by atoms with Gasteiger partial charge in [0.15, 0.2) is 0 Å². The maximum atomic E-state index is 5.49. The molecule has 0 rings (SSSR count). The minimum atomic E-state index is -0.217. The lowest BCUT2D eigenvalue weighted by Gasteiger charge is -2.25. The molecule has 0 fully saturated rings. The van der Waals surface area contributed by atoms with Crippen LogP contribution in [0.1, 0.15) is 20.3 Å². The summed E-state index contributed by atoms with van der Waals surface area (Å²) in [5, 5.41) is 0. The summed E-state index contributed by atoms with van der Waals surface area (Å²) in [7, 11) is 0.380. The molecular formula is C8H19Cl3NP. The molecule has 5 heteroatoms. The summed E-state index contributed by atoms with van der Waals surface area (Å²) in [6.07, 6.45) is 0.779. The van der Waals surface area contributed by atoms with E-state index in [1.165, 1.54) is 0 Å². The first-order valence-electron chi connectivity index (χ1n) is 4.02. The number of nitrogens with zero attached hydrogens (tertiary/aromatic N) is 1. The molecule has 0 N–H and O–H groups in total. The van der Waals surface area contributed by atoms with Gasteiger partial charge in [0.05, 0.1) is 0 Å². The second kappa shape index (κ2) is 8.56. The summed E-state index contributed by atoms with van der Waals surface area (Å²) in [5.41, 5.74) is -0.217. The van der Waals surface area contributed by atoms with E-state index in [-0.39, 0.29) is 5.54 Å². The van der Waals surface area contributed by atoms with Crippen molar-refractivity contribution in [3.05, 3.63) is 0 Å². The largest absolute Gasteiger partial charge is 0.127 e. The standard InChI is InChI=1S/C5H10Cl3N.C3H9P/c1-5(2,3-4-6)9(7)8;1-4(2)3/h3-4H2,1-2H3;1-3H3. The van der Waals surface area contributed by atoms with Crippen LogP contribution in [0, 0.1) is 0 Å². The minimum Gasteiger partial charge on any atom is -0.127 e. The average Bonchev–Trinajstić information content (AvgIpc) is 1.85. The average molecular weight is 267 g/mol. The number of alkyl halides is 1. The Balaban J connectivity index is 0. The van der Waals surface area contributed by atoms with E-state index in [0.717, 1.165) is 10.4 Å². The van der Waals surface area contributed by atoms with Crippen LogP contribution in [0.5, 0.6) is 0 Å². The molecule has 0 bridgehead atoms. The van der Waals surface area contributed by atoms with Crippen molar-refractivity contribution in [2.24, 2.45) is 0 Å². The van der Waals surface area contributed by atoms with Crippen LogP contribution in [0.2, 0.25) is 0 Å². The highest BCUT2D eigenvalue weighted by Crippen LogP contribution is 2.23. The number of rotatable bonds is 3. The van der Waals surface area contributed by atoms with E-state index in [1.54, 1.807) is 0 Å². The molecule has 0 saturated heterocycles. The second-order valence-corrected chi connectivity index (χ2v) is 7.74. The molecule has 0 amide bonds. The summed E-state index contributed by atoms with van der Waals surface area (Å²) in [6.45, 7) is 10.5. The smallest absolute Gasteiger partial charge is 0.0481 e. The Labute approximate surface area is 98.7 Å². The van der Waals surface area contributed by atoms with Crippen LogP contribution >= 0.6 is 43.1 Å². The SMILES string of the molecule is CC(C)(CCCl)N(Cl)Cl.CP(C)C. The molecule has 0 aromatic heterocycles. The van der Waals surface area contributed by atoms with E-state index in [9.17, 15) is 0 Å². The summed E-state index contributed by atoms with van der Waals surface area (Å²) >= 11 is 16.5. The van der Waals surface area contributed by atoms with Gasteiger partial charge in [-0.2, -0.15) is 0 Å². The van der Waals surface area contributed by atoms with Crippen LogP contribution in [0.3, 0.4) is 0 Å². The van der Waals surface area contributed by atoms with Crippen molar-refractivity contribution in [1.82, 2.24) is 3.94 Å². The van der Waals surface area contributed by atoms with Gasteiger partial charge in [0.25, 0.3) is 0 Å². The quantitative estimate of drug-likeness (QED) is 0.417. The second-order valence-electron chi connectivity index (χ2n) is 3.83.